The van der Waals surface area contributed by atoms with E-state index < -0.39 is 5.82 Å². The van der Waals surface area contributed by atoms with Crippen LogP contribution in [0.25, 0.3) is 27.2 Å². The Morgan fingerprint density at radius 3 is 2.52 bits per heavy atom. The third-order valence-corrected chi connectivity index (χ3v) is 6.15. The molecule has 0 amide bonds. The monoisotopic (exact) mass is 447 g/mol. The lowest BCUT2D eigenvalue weighted by atomic mass is 9.93. The number of benzene rings is 2. The van der Waals surface area contributed by atoms with Crippen molar-refractivity contribution in [3.05, 3.63) is 74.9 Å². The van der Waals surface area contributed by atoms with Crippen LogP contribution in [0.5, 0.6) is 5.75 Å². The van der Waals surface area contributed by atoms with Crippen LogP contribution in [0.1, 0.15) is 24.2 Å². The summed E-state index contributed by atoms with van der Waals surface area (Å²) in [6, 6.07) is 15.0. The average Bonchev–Trinajstić information content (AvgIpc) is 2.83. The van der Waals surface area contributed by atoms with E-state index in [2.05, 4.69) is 16.2 Å². The molecule has 33 heavy (non-hydrogen) atoms. The number of nitrogens with zero attached hydrogens (tertiary/aromatic N) is 3. The molecule has 1 aliphatic heterocycles. The molecule has 1 saturated heterocycles. The fourth-order valence-electron chi connectivity index (χ4n) is 4.30. The van der Waals surface area contributed by atoms with Crippen LogP contribution in [0.4, 0.5) is 4.39 Å². The molecule has 1 aromatic heterocycles. The van der Waals surface area contributed by atoms with E-state index in [0.29, 0.717) is 22.7 Å². The fraction of sp³-hybridized carbons (Fsp3) is 0.346. The summed E-state index contributed by atoms with van der Waals surface area (Å²) >= 11 is 0. The second-order valence-corrected chi connectivity index (χ2v) is 8.28. The molecule has 1 N–H and O–H groups in total. The summed E-state index contributed by atoms with van der Waals surface area (Å²) in [5.41, 5.74) is 2.81. The van der Waals surface area contributed by atoms with E-state index in [1.807, 2.05) is 24.3 Å². The normalized spacial score (nSPS) is 13.9. The standard InChI is InChI=1S/C26H28FN4O2/c1-28-16-18-4-6-19(7-5-18)25-24(20-8-9-22(33-3)21(27)15-20)26(32)31(2)23(30-25)14-17-10-12-29-13-11-17/h4-9,15,17,29H,10-14H2,1-3H3/q+1. The summed E-state index contributed by atoms with van der Waals surface area (Å²) < 4.78 is 21.2. The lowest BCUT2D eigenvalue weighted by molar-refractivity contribution is 0.363. The number of hydrogen-bond acceptors (Lipinski definition) is 4. The fourth-order valence-corrected chi connectivity index (χ4v) is 4.30. The van der Waals surface area contributed by atoms with E-state index in [1.54, 1.807) is 24.7 Å². The largest absolute Gasteiger partial charge is 0.494 e. The van der Waals surface area contributed by atoms with E-state index in [4.69, 9.17) is 9.72 Å². The van der Waals surface area contributed by atoms with Gasteiger partial charge in [-0.2, -0.15) is 0 Å². The van der Waals surface area contributed by atoms with Gasteiger partial charge in [-0.1, -0.05) is 23.0 Å². The third-order valence-electron chi connectivity index (χ3n) is 6.15. The predicted octanol–water partition coefficient (Wildman–Crippen LogP) is 4.11. The van der Waals surface area contributed by atoms with Crippen molar-refractivity contribution in [3.8, 4) is 34.2 Å². The Balaban J connectivity index is 1.88. The van der Waals surface area contributed by atoms with Gasteiger partial charge in [-0.3, -0.25) is 9.36 Å². The van der Waals surface area contributed by atoms with E-state index in [0.717, 1.165) is 49.3 Å². The highest BCUT2D eigenvalue weighted by molar-refractivity contribution is 5.80. The SMILES string of the molecule is C[N+]#Cc1ccc(-c2nc(CC3CCNCC3)n(C)c(=O)c2-c2ccc(OC)c(F)c2)cc1. The Bertz CT molecular complexity index is 1270. The second kappa shape index (κ2) is 9.97. The van der Waals surface area contributed by atoms with Crippen LogP contribution in [0.15, 0.2) is 47.3 Å². The molecule has 3 aromatic rings. The van der Waals surface area contributed by atoms with Crippen molar-refractivity contribution < 1.29 is 9.13 Å². The minimum atomic E-state index is -0.522. The maximum Gasteiger partial charge on any atom is 0.310 e. The van der Waals surface area contributed by atoms with Gasteiger partial charge >= 0.3 is 6.07 Å². The summed E-state index contributed by atoms with van der Waals surface area (Å²) in [6.45, 7) is 1.96. The summed E-state index contributed by atoms with van der Waals surface area (Å²) in [7, 11) is 4.83. The molecular weight excluding hydrogens is 419 g/mol. The van der Waals surface area contributed by atoms with E-state index in [-0.39, 0.29) is 11.3 Å². The molecule has 0 unspecified atom stereocenters. The predicted molar refractivity (Wildman–Crippen MR) is 128 cm³/mol. The van der Waals surface area contributed by atoms with Crippen molar-refractivity contribution in [1.29, 1.82) is 0 Å². The molecule has 0 radical (unpaired) electrons. The maximum absolute atomic E-state index is 14.5. The van der Waals surface area contributed by atoms with Crippen LogP contribution in [0.3, 0.4) is 0 Å². The van der Waals surface area contributed by atoms with Gasteiger partial charge in [0, 0.05) is 19.0 Å². The number of nitrogens with one attached hydrogen (secondary N) is 1. The molecule has 6 nitrogen and oxygen atoms in total. The third kappa shape index (κ3) is 4.81. The first-order valence-corrected chi connectivity index (χ1v) is 11.1. The van der Waals surface area contributed by atoms with Crippen LogP contribution < -0.4 is 15.6 Å². The molecule has 7 heteroatoms. The molecule has 0 bridgehead atoms. The van der Waals surface area contributed by atoms with Crippen LogP contribution >= 0.6 is 0 Å². The highest BCUT2D eigenvalue weighted by atomic mass is 19.1. The van der Waals surface area contributed by atoms with E-state index in [9.17, 15) is 9.18 Å². The zero-order valence-electron chi connectivity index (χ0n) is 19.2. The smallest absolute Gasteiger partial charge is 0.310 e. The molecule has 0 atom stereocenters. The van der Waals surface area contributed by atoms with Crippen molar-refractivity contribution in [3.63, 3.8) is 0 Å². The number of rotatable bonds is 5. The lowest BCUT2D eigenvalue weighted by Gasteiger charge is -2.23. The first-order valence-electron chi connectivity index (χ1n) is 11.1. The number of piperidine rings is 1. The van der Waals surface area contributed by atoms with Crippen LogP contribution in [0, 0.1) is 17.8 Å². The minimum Gasteiger partial charge on any atom is -0.494 e. The Morgan fingerprint density at radius 2 is 1.88 bits per heavy atom. The van der Waals surface area contributed by atoms with Gasteiger partial charge in [-0.25, -0.2) is 9.37 Å². The highest BCUT2D eigenvalue weighted by Crippen LogP contribution is 2.31. The van der Waals surface area contributed by atoms with E-state index in [1.165, 1.54) is 19.2 Å². The lowest BCUT2D eigenvalue weighted by Crippen LogP contribution is -2.31. The number of halogens is 1. The van der Waals surface area contributed by atoms with Crippen LogP contribution in [-0.4, -0.2) is 36.8 Å². The minimum absolute atomic E-state index is 0.131. The van der Waals surface area contributed by atoms with Crippen molar-refractivity contribution in [2.45, 2.75) is 19.3 Å². The van der Waals surface area contributed by atoms with Gasteiger partial charge in [0.2, 0.25) is 0 Å². The first-order chi connectivity index (χ1) is 16.0. The average molecular weight is 448 g/mol. The first kappa shape index (κ1) is 22.7. The van der Waals surface area contributed by atoms with Crippen LogP contribution in [-0.2, 0) is 13.5 Å². The summed E-state index contributed by atoms with van der Waals surface area (Å²) in [5.74, 6) is 0.821. The van der Waals surface area contributed by atoms with Crippen molar-refractivity contribution in [2.24, 2.45) is 13.0 Å². The second-order valence-electron chi connectivity index (χ2n) is 8.28. The topological polar surface area (TPSA) is 60.5 Å². The van der Waals surface area contributed by atoms with Crippen LogP contribution in [0.2, 0.25) is 0 Å². The van der Waals surface area contributed by atoms with Crippen molar-refractivity contribution in [2.75, 3.05) is 27.2 Å². The number of ether oxygens (including phenoxy) is 1. The highest BCUT2D eigenvalue weighted by Gasteiger charge is 2.22. The Morgan fingerprint density at radius 1 is 1.18 bits per heavy atom. The molecule has 4 rings (SSSR count). The molecule has 0 spiro atoms. The molecular formula is C26H28FN4O2+. The summed E-state index contributed by atoms with van der Waals surface area (Å²) in [4.78, 5) is 22.5. The number of aromatic nitrogens is 2. The summed E-state index contributed by atoms with van der Waals surface area (Å²) in [5, 5.41) is 3.38. The zero-order chi connectivity index (χ0) is 23.4. The number of hydrogen-bond donors (Lipinski definition) is 1. The maximum atomic E-state index is 14.5. The van der Waals surface area contributed by atoms with Gasteiger partial charge in [0.05, 0.1) is 18.4 Å². The molecule has 1 aliphatic rings. The number of methoxy groups -OCH3 is 1. The molecule has 1 fully saturated rings. The molecule has 170 valence electrons. The molecule has 2 aromatic carbocycles. The Labute approximate surface area is 192 Å². The summed E-state index contributed by atoms with van der Waals surface area (Å²) in [6.07, 6.45) is 2.83. The van der Waals surface area contributed by atoms with Gasteiger partial charge < -0.3 is 10.1 Å². The Hall–Kier alpha value is -3.50. The molecule has 0 aliphatic carbocycles. The van der Waals surface area contributed by atoms with Gasteiger partial charge in [0.1, 0.15) is 11.4 Å². The Kier molecular flexibility index (Phi) is 6.85. The van der Waals surface area contributed by atoms with Crippen molar-refractivity contribution >= 4 is 0 Å². The quantitative estimate of drug-likeness (QED) is 0.639. The van der Waals surface area contributed by atoms with E-state index >= 15 is 0 Å². The zero-order valence-corrected chi connectivity index (χ0v) is 19.2. The molecule has 2 heterocycles. The van der Waals surface area contributed by atoms with Gasteiger partial charge in [-0.15, -0.1) is 0 Å². The van der Waals surface area contributed by atoms with Gasteiger partial charge in [0.15, 0.2) is 11.6 Å². The van der Waals surface area contributed by atoms with Gasteiger partial charge in [0.25, 0.3) is 12.6 Å². The molecule has 0 saturated carbocycles. The van der Waals surface area contributed by atoms with Gasteiger partial charge in [-0.05, 0) is 61.7 Å². The van der Waals surface area contributed by atoms with Crippen molar-refractivity contribution in [1.82, 2.24) is 14.9 Å².